The minimum atomic E-state index is -0.175. The second-order valence-corrected chi connectivity index (χ2v) is 7.56. The van der Waals surface area contributed by atoms with Crippen LogP contribution in [0.3, 0.4) is 0 Å². The highest BCUT2D eigenvalue weighted by atomic mass is 35.5. The third-order valence-corrected chi connectivity index (χ3v) is 5.56. The first-order valence-electron chi connectivity index (χ1n) is 6.43. The van der Waals surface area contributed by atoms with Crippen molar-refractivity contribution in [2.45, 2.75) is 43.6 Å². The zero-order valence-corrected chi connectivity index (χ0v) is 13.0. The highest BCUT2D eigenvalue weighted by molar-refractivity contribution is 7.99. The number of carbonyl (C=O) groups is 1. The summed E-state index contributed by atoms with van der Waals surface area (Å²) < 4.78 is 0.792. The first-order valence-corrected chi connectivity index (χ1v) is 8.78. The van der Waals surface area contributed by atoms with Gasteiger partial charge in [0.05, 0.1) is 16.2 Å². The number of aliphatic hydroxyl groups is 1. The molecule has 0 aliphatic heterocycles. The van der Waals surface area contributed by atoms with Gasteiger partial charge in [0, 0.05) is 16.7 Å². The Morgan fingerprint density at radius 1 is 1.42 bits per heavy atom. The van der Waals surface area contributed by atoms with E-state index in [9.17, 15) is 9.90 Å². The molecule has 0 radical (unpaired) electrons. The summed E-state index contributed by atoms with van der Waals surface area (Å²) in [5.41, 5.74) is 0. The van der Waals surface area contributed by atoms with Gasteiger partial charge in [-0.15, -0.1) is 23.1 Å². The molecule has 1 saturated carbocycles. The van der Waals surface area contributed by atoms with E-state index in [4.69, 9.17) is 11.6 Å². The molecule has 2 N–H and O–H groups in total. The number of thioether (sulfide) groups is 1. The number of nitrogens with one attached hydrogen (secondary N) is 1. The summed E-state index contributed by atoms with van der Waals surface area (Å²) in [5.74, 6) is 1.40. The summed E-state index contributed by atoms with van der Waals surface area (Å²) in [4.78, 5) is 13.0. The Morgan fingerprint density at radius 3 is 2.79 bits per heavy atom. The minimum Gasteiger partial charge on any atom is -0.393 e. The topological polar surface area (TPSA) is 49.3 Å². The number of carbonyl (C=O) groups excluding carboxylic acids is 1. The molecule has 1 amide bonds. The lowest BCUT2D eigenvalue weighted by Gasteiger charge is -2.26. The average molecular weight is 320 g/mol. The molecule has 0 spiro atoms. The molecule has 0 aromatic carbocycles. The van der Waals surface area contributed by atoms with Gasteiger partial charge in [-0.05, 0) is 37.8 Å². The van der Waals surface area contributed by atoms with Crippen LogP contribution in [0, 0.1) is 0 Å². The van der Waals surface area contributed by atoms with Gasteiger partial charge < -0.3 is 10.4 Å². The normalized spacial score (nSPS) is 23.3. The molecule has 0 atom stereocenters. The molecule has 0 bridgehead atoms. The predicted molar refractivity (Wildman–Crippen MR) is 81.9 cm³/mol. The van der Waals surface area contributed by atoms with Crippen LogP contribution in [0.2, 0.25) is 4.34 Å². The van der Waals surface area contributed by atoms with Crippen LogP contribution in [0.15, 0.2) is 12.1 Å². The first kappa shape index (κ1) is 15.2. The molecule has 1 aliphatic rings. The highest BCUT2D eigenvalue weighted by Crippen LogP contribution is 2.25. The second-order valence-electron chi connectivity index (χ2n) is 4.77. The SMILES string of the molecule is O=C(CSCc1ccc(Cl)s1)NC1CCC(O)CC1. The van der Waals surface area contributed by atoms with Crippen molar-refractivity contribution >= 4 is 40.6 Å². The van der Waals surface area contributed by atoms with E-state index in [2.05, 4.69) is 5.32 Å². The molecular formula is C13H18ClNO2S2. The molecule has 19 heavy (non-hydrogen) atoms. The van der Waals surface area contributed by atoms with Crippen molar-refractivity contribution < 1.29 is 9.90 Å². The van der Waals surface area contributed by atoms with Gasteiger partial charge in [-0.3, -0.25) is 4.79 Å². The van der Waals surface area contributed by atoms with E-state index in [1.54, 1.807) is 23.1 Å². The summed E-state index contributed by atoms with van der Waals surface area (Å²) in [7, 11) is 0. The standard InChI is InChI=1S/C13H18ClNO2S2/c14-12-6-5-11(19-12)7-18-8-13(17)15-9-1-3-10(16)4-2-9/h5-6,9-10,16H,1-4,7-8H2,(H,15,17). The Kier molecular flexibility index (Phi) is 6.01. The summed E-state index contributed by atoms with van der Waals surface area (Å²) >= 11 is 9.02. The van der Waals surface area contributed by atoms with Crippen molar-refractivity contribution in [1.29, 1.82) is 0 Å². The number of hydrogen-bond acceptors (Lipinski definition) is 4. The van der Waals surface area contributed by atoms with Crippen molar-refractivity contribution in [2.24, 2.45) is 0 Å². The lowest BCUT2D eigenvalue weighted by Crippen LogP contribution is -2.39. The Morgan fingerprint density at radius 2 is 2.16 bits per heavy atom. The van der Waals surface area contributed by atoms with E-state index in [0.717, 1.165) is 35.8 Å². The summed E-state index contributed by atoms with van der Waals surface area (Å²) in [5, 5.41) is 12.4. The number of amides is 1. The Bertz CT molecular complexity index is 417. The fraction of sp³-hybridized carbons (Fsp3) is 0.615. The van der Waals surface area contributed by atoms with E-state index in [0.29, 0.717) is 5.75 Å². The van der Waals surface area contributed by atoms with Gasteiger partial charge in [0.1, 0.15) is 0 Å². The molecular weight excluding hydrogens is 302 g/mol. The molecule has 106 valence electrons. The monoisotopic (exact) mass is 319 g/mol. The number of rotatable bonds is 5. The largest absolute Gasteiger partial charge is 0.393 e. The van der Waals surface area contributed by atoms with Crippen LogP contribution in [0.5, 0.6) is 0 Å². The molecule has 1 aromatic rings. The lowest BCUT2D eigenvalue weighted by atomic mass is 9.93. The maximum Gasteiger partial charge on any atom is 0.230 e. The van der Waals surface area contributed by atoms with Crippen molar-refractivity contribution in [3.63, 3.8) is 0 Å². The number of halogens is 1. The number of hydrogen-bond donors (Lipinski definition) is 2. The van der Waals surface area contributed by atoms with Crippen LogP contribution >= 0.6 is 34.7 Å². The van der Waals surface area contributed by atoms with Gasteiger partial charge in [0.2, 0.25) is 5.91 Å². The fourth-order valence-electron chi connectivity index (χ4n) is 2.16. The molecule has 3 nitrogen and oxygen atoms in total. The van der Waals surface area contributed by atoms with Crippen LogP contribution in [0.1, 0.15) is 30.6 Å². The van der Waals surface area contributed by atoms with E-state index >= 15 is 0 Å². The van der Waals surface area contributed by atoms with Crippen LogP contribution in [-0.2, 0) is 10.5 Å². The van der Waals surface area contributed by atoms with Crippen molar-refractivity contribution in [3.8, 4) is 0 Å². The predicted octanol–water partition coefficient (Wildman–Crippen LogP) is 3.05. The second kappa shape index (κ2) is 7.53. The van der Waals surface area contributed by atoms with Gasteiger partial charge in [-0.25, -0.2) is 0 Å². The molecule has 1 aliphatic carbocycles. The van der Waals surface area contributed by atoms with E-state index in [-0.39, 0.29) is 18.1 Å². The van der Waals surface area contributed by atoms with Gasteiger partial charge in [-0.1, -0.05) is 11.6 Å². The average Bonchev–Trinajstić information content (AvgIpc) is 2.78. The molecule has 1 aromatic heterocycles. The summed E-state index contributed by atoms with van der Waals surface area (Å²) in [6.45, 7) is 0. The first-order chi connectivity index (χ1) is 9.13. The molecule has 1 heterocycles. The van der Waals surface area contributed by atoms with E-state index in [1.165, 1.54) is 4.88 Å². The third kappa shape index (κ3) is 5.34. The molecule has 0 saturated heterocycles. The lowest BCUT2D eigenvalue weighted by molar-refractivity contribution is -0.119. The van der Waals surface area contributed by atoms with Gasteiger partial charge in [0.15, 0.2) is 0 Å². The zero-order valence-electron chi connectivity index (χ0n) is 10.6. The van der Waals surface area contributed by atoms with Gasteiger partial charge in [0.25, 0.3) is 0 Å². The minimum absolute atomic E-state index is 0.0917. The van der Waals surface area contributed by atoms with Crippen LogP contribution in [0.4, 0.5) is 0 Å². The van der Waals surface area contributed by atoms with E-state index in [1.807, 2.05) is 12.1 Å². The van der Waals surface area contributed by atoms with E-state index < -0.39 is 0 Å². The fourth-order valence-corrected chi connectivity index (χ4v) is 4.20. The van der Waals surface area contributed by atoms with Crippen molar-refractivity contribution in [3.05, 3.63) is 21.3 Å². The quantitative estimate of drug-likeness (QED) is 0.877. The third-order valence-electron chi connectivity index (χ3n) is 3.17. The molecule has 0 unspecified atom stereocenters. The summed E-state index contributed by atoms with van der Waals surface area (Å²) in [6, 6.07) is 4.13. The Balaban J connectivity index is 1.62. The maximum absolute atomic E-state index is 11.8. The smallest absolute Gasteiger partial charge is 0.230 e. The Labute approximate surface area is 126 Å². The number of aliphatic hydroxyl groups excluding tert-OH is 1. The van der Waals surface area contributed by atoms with Crippen molar-refractivity contribution in [1.82, 2.24) is 5.32 Å². The van der Waals surface area contributed by atoms with Crippen LogP contribution in [-0.4, -0.2) is 28.9 Å². The molecule has 6 heteroatoms. The molecule has 1 fully saturated rings. The summed E-state index contributed by atoms with van der Waals surface area (Å²) in [6.07, 6.45) is 3.19. The van der Waals surface area contributed by atoms with Crippen LogP contribution < -0.4 is 5.32 Å². The van der Waals surface area contributed by atoms with Crippen molar-refractivity contribution in [2.75, 3.05) is 5.75 Å². The Hall–Kier alpha value is -0.230. The number of thiophene rings is 1. The highest BCUT2D eigenvalue weighted by Gasteiger charge is 2.20. The van der Waals surface area contributed by atoms with Gasteiger partial charge in [-0.2, -0.15) is 0 Å². The zero-order chi connectivity index (χ0) is 13.7. The maximum atomic E-state index is 11.8. The van der Waals surface area contributed by atoms with Gasteiger partial charge >= 0.3 is 0 Å². The van der Waals surface area contributed by atoms with Crippen LogP contribution in [0.25, 0.3) is 0 Å². The molecule has 2 rings (SSSR count).